The van der Waals surface area contributed by atoms with Crippen molar-refractivity contribution >= 4 is 17.7 Å². The Bertz CT molecular complexity index is 410. The Kier molecular flexibility index (Phi) is 8.95. The molecule has 0 atom stereocenters. The number of hydrogen-bond donors (Lipinski definition) is 1. The van der Waals surface area contributed by atoms with Crippen LogP contribution >= 0.6 is 11.8 Å². The molecule has 8 nitrogen and oxygen atoms in total. The van der Waals surface area contributed by atoms with E-state index >= 15 is 0 Å². The van der Waals surface area contributed by atoms with Crippen LogP contribution in [0.4, 0.5) is 0 Å². The number of carbonyl (C=O) groups excluding carboxylic acids is 1. The van der Waals surface area contributed by atoms with Crippen LogP contribution in [0.5, 0.6) is 0 Å². The summed E-state index contributed by atoms with van der Waals surface area (Å²) in [6.07, 6.45) is 0. The van der Waals surface area contributed by atoms with Crippen LogP contribution in [0.25, 0.3) is 0 Å². The number of amides is 1. The van der Waals surface area contributed by atoms with Crippen LogP contribution in [0.3, 0.4) is 0 Å². The van der Waals surface area contributed by atoms with Crippen molar-refractivity contribution in [1.29, 1.82) is 0 Å². The van der Waals surface area contributed by atoms with Gasteiger partial charge in [-0.1, -0.05) is 11.8 Å². The van der Waals surface area contributed by atoms with Gasteiger partial charge in [0.15, 0.2) is 0 Å². The van der Waals surface area contributed by atoms with Gasteiger partial charge in [0, 0.05) is 33.3 Å². The lowest BCUT2D eigenvalue weighted by Crippen LogP contribution is -2.32. The number of ether oxygens (including phenoxy) is 1. The molecule has 1 heterocycles. The molecule has 9 heteroatoms. The van der Waals surface area contributed by atoms with Gasteiger partial charge in [-0.2, -0.15) is 0 Å². The van der Waals surface area contributed by atoms with Crippen LogP contribution in [0.1, 0.15) is 13.8 Å². The molecule has 120 valence electrons. The Morgan fingerprint density at radius 3 is 2.81 bits per heavy atom. The first-order chi connectivity index (χ1) is 10.2. The predicted octanol–water partition coefficient (Wildman–Crippen LogP) is -0.130. The number of methoxy groups -OCH3 is 1. The SMILES string of the molecule is CCN(CC)C(=O)CSc1nnnn1CCNCCOC. The Morgan fingerprint density at radius 1 is 1.38 bits per heavy atom. The summed E-state index contributed by atoms with van der Waals surface area (Å²) < 4.78 is 6.66. The zero-order valence-corrected chi connectivity index (χ0v) is 13.7. The first kappa shape index (κ1) is 17.9. The summed E-state index contributed by atoms with van der Waals surface area (Å²) in [5.74, 6) is 0.469. The van der Waals surface area contributed by atoms with E-state index in [4.69, 9.17) is 4.74 Å². The van der Waals surface area contributed by atoms with Crippen molar-refractivity contribution < 1.29 is 9.53 Å². The maximum atomic E-state index is 11.9. The molecule has 0 fully saturated rings. The van der Waals surface area contributed by atoms with Crippen LogP contribution in [-0.4, -0.2) is 76.7 Å². The van der Waals surface area contributed by atoms with Crippen molar-refractivity contribution in [3.05, 3.63) is 0 Å². The molecule has 1 aromatic rings. The maximum absolute atomic E-state index is 11.9. The molecule has 1 aromatic heterocycles. The largest absolute Gasteiger partial charge is 0.383 e. The minimum atomic E-state index is 0.109. The second kappa shape index (κ2) is 10.5. The number of rotatable bonds is 11. The molecule has 0 aliphatic heterocycles. The van der Waals surface area contributed by atoms with Gasteiger partial charge in [0.1, 0.15) is 0 Å². The van der Waals surface area contributed by atoms with Crippen molar-refractivity contribution in [1.82, 2.24) is 30.4 Å². The van der Waals surface area contributed by atoms with Crippen LogP contribution in [0.15, 0.2) is 5.16 Å². The smallest absolute Gasteiger partial charge is 0.233 e. The summed E-state index contributed by atoms with van der Waals surface area (Å²) in [7, 11) is 1.67. The van der Waals surface area contributed by atoms with Gasteiger partial charge in [0.25, 0.3) is 0 Å². The van der Waals surface area contributed by atoms with E-state index in [0.29, 0.717) is 24.1 Å². The highest BCUT2D eigenvalue weighted by molar-refractivity contribution is 7.99. The van der Waals surface area contributed by atoms with E-state index in [2.05, 4.69) is 20.8 Å². The van der Waals surface area contributed by atoms with E-state index in [1.165, 1.54) is 11.8 Å². The molecule has 1 amide bonds. The zero-order chi connectivity index (χ0) is 15.5. The zero-order valence-electron chi connectivity index (χ0n) is 12.9. The molecule has 0 saturated carbocycles. The van der Waals surface area contributed by atoms with Gasteiger partial charge in [-0.3, -0.25) is 4.79 Å². The second-order valence-electron chi connectivity index (χ2n) is 4.28. The topological polar surface area (TPSA) is 85.2 Å². The van der Waals surface area contributed by atoms with Gasteiger partial charge >= 0.3 is 0 Å². The summed E-state index contributed by atoms with van der Waals surface area (Å²) in [5.41, 5.74) is 0. The quantitative estimate of drug-likeness (QED) is 0.449. The second-order valence-corrected chi connectivity index (χ2v) is 5.22. The number of nitrogens with one attached hydrogen (secondary N) is 1. The molecular weight excluding hydrogens is 292 g/mol. The van der Waals surface area contributed by atoms with Gasteiger partial charge in [-0.05, 0) is 24.3 Å². The fraction of sp³-hybridized carbons (Fsp3) is 0.833. The van der Waals surface area contributed by atoms with E-state index in [9.17, 15) is 4.79 Å². The monoisotopic (exact) mass is 316 g/mol. The lowest BCUT2D eigenvalue weighted by atomic mass is 10.5. The van der Waals surface area contributed by atoms with E-state index < -0.39 is 0 Å². The van der Waals surface area contributed by atoms with Crippen molar-refractivity contribution in [3.63, 3.8) is 0 Å². The van der Waals surface area contributed by atoms with Crippen LogP contribution in [0.2, 0.25) is 0 Å². The summed E-state index contributed by atoms with van der Waals surface area (Å²) in [6, 6.07) is 0. The lowest BCUT2D eigenvalue weighted by molar-refractivity contribution is -0.127. The fourth-order valence-corrected chi connectivity index (χ4v) is 2.52. The third-order valence-electron chi connectivity index (χ3n) is 2.92. The number of carbonyl (C=O) groups is 1. The van der Waals surface area contributed by atoms with Crippen LogP contribution in [0, 0.1) is 0 Å². The molecule has 0 spiro atoms. The molecule has 21 heavy (non-hydrogen) atoms. The minimum Gasteiger partial charge on any atom is -0.383 e. The molecule has 0 radical (unpaired) electrons. The molecule has 0 bridgehead atoms. The molecular formula is C12H24N6O2S. The Balaban J connectivity index is 2.36. The highest BCUT2D eigenvalue weighted by Gasteiger charge is 2.13. The van der Waals surface area contributed by atoms with E-state index in [-0.39, 0.29) is 5.91 Å². The van der Waals surface area contributed by atoms with Crippen molar-refractivity contribution in [3.8, 4) is 0 Å². The van der Waals surface area contributed by atoms with Gasteiger partial charge in [-0.25, -0.2) is 4.68 Å². The summed E-state index contributed by atoms with van der Waals surface area (Å²) >= 11 is 1.37. The van der Waals surface area contributed by atoms with Gasteiger partial charge in [0.05, 0.1) is 18.9 Å². The van der Waals surface area contributed by atoms with E-state index in [1.807, 2.05) is 13.8 Å². The minimum absolute atomic E-state index is 0.109. The highest BCUT2D eigenvalue weighted by atomic mass is 32.2. The summed E-state index contributed by atoms with van der Waals surface area (Å²) in [4.78, 5) is 13.7. The third-order valence-corrected chi connectivity index (χ3v) is 3.87. The standard InChI is InChI=1S/C12H24N6O2S/c1-4-17(5-2)11(19)10-21-12-14-15-16-18(12)8-6-13-7-9-20-3/h13H,4-10H2,1-3H3. The molecule has 1 N–H and O–H groups in total. The average molecular weight is 316 g/mol. The summed E-state index contributed by atoms with van der Waals surface area (Å²) in [5, 5.41) is 15.5. The lowest BCUT2D eigenvalue weighted by Gasteiger charge is -2.17. The third kappa shape index (κ3) is 6.40. The molecule has 0 saturated heterocycles. The molecule has 0 aromatic carbocycles. The molecule has 0 aliphatic rings. The van der Waals surface area contributed by atoms with Gasteiger partial charge in [0.2, 0.25) is 11.1 Å². The predicted molar refractivity (Wildman–Crippen MR) is 81.2 cm³/mol. The number of nitrogens with zero attached hydrogens (tertiary/aromatic N) is 5. The number of thioether (sulfide) groups is 1. The van der Waals surface area contributed by atoms with Crippen molar-refractivity contribution in [2.24, 2.45) is 0 Å². The number of aromatic nitrogens is 4. The van der Waals surface area contributed by atoms with E-state index in [0.717, 1.165) is 26.2 Å². The van der Waals surface area contributed by atoms with Crippen LogP contribution in [-0.2, 0) is 16.1 Å². The van der Waals surface area contributed by atoms with Crippen molar-refractivity contribution in [2.75, 3.05) is 45.6 Å². The maximum Gasteiger partial charge on any atom is 0.233 e. The first-order valence-corrected chi connectivity index (χ1v) is 8.07. The Labute approximate surface area is 129 Å². The summed E-state index contributed by atoms with van der Waals surface area (Å²) in [6.45, 7) is 8.29. The molecule has 0 aliphatic carbocycles. The average Bonchev–Trinajstić information content (AvgIpc) is 2.93. The van der Waals surface area contributed by atoms with Gasteiger partial charge < -0.3 is 15.0 Å². The number of hydrogen-bond acceptors (Lipinski definition) is 7. The highest BCUT2D eigenvalue weighted by Crippen LogP contribution is 2.14. The first-order valence-electron chi connectivity index (χ1n) is 7.09. The fourth-order valence-electron chi connectivity index (χ4n) is 1.72. The number of tetrazole rings is 1. The Hall–Kier alpha value is -1.19. The Morgan fingerprint density at radius 2 is 2.14 bits per heavy atom. The van der Waals surface area contributed by atoms with E-state index in [1.54, 1.807) is 16.7 Å². The van der Waals surface area contributed by atoms with Crippen LogP contribution < -0.4 is 5.32 Å². The normalized spacial score (nSPS) is 10.8. The molecule has 1 rings (SSSR count). The van der Waals surface area contributed by atoms with Gasteiger partial charge in [-0.15, -0.1) is 5.10 Å². The molecule has 0 unspecified atom stereocenters. The van der Waals surface area contributed by atoms with Crippen molar-refractivity contribution in [2.45, 2.75) is 25.5 Å².